The first-order valence-corrected chi connectivity index (χ1v) is 9.14. The molecule has 0 amide bonds. The summed E-state index contributed by atoms with van der Waals surface area (Å²) in [5.41, 5.74) is -1.27. The van der Waals surface area contributed by atoms with Crippen LogP contribution in [0.4, 0.5) is 0 Å². The topological polar surface area (TPSA) is 97.1 Å². The van der Waals surface area contributed by atoms with Gasteiger partial charge in [0.05, 0.1) is 12.3 Å². The number of hydrogen-bond acceptors (Lipinski definition) is 5. The zero-order valence-electron chi connectivity index (χ0n) is 12.3. The molecule has 2 N–H and O–H groups in total. The molecule has 10 heteroatoms. The van der Waals surface area contributed by atoms with Crippen LogP contribution in [0.15, 0.2) is 30.9 Å². The molecule has 2 rings (SSSR count). The summed E-state index contributed by atoms with van der Waals surface area (Å²) in [6, 6.07) is 4.62. The number of nitrogens with zero attached hydrogens (tertiary/aromatic N) is 3. The third-order valence-corrected chi connectivity index (χ3v) is 5.18. The van der Waals surface area contributed by atoms with E-state index in [-0.39, 0.29) is 23.9 Å². The van der Waals surface area contributed by atoms with Gasteiger partial charge in [0.1, 0.15) is 18.3 Å². The number of aliphatic hydroxyl groups is 1. The van der Waals surface area contributed by atoms with Crippen LogP contribution in [0.25, 0.3) is 0 Å². The SMILES string of the molecule is CCS(=O)(=O)NCC(O)(Cn1cncn1)c1ccc(Cl)cc1Cl. The van der Waals surface area contributed by atoms with Gasteiger partial charge in [-0.15, -0.1) is 0 Å². The number of sulfonamides is 1. The van der Waals surface area contributed by atoms with Crippen LogP contribution in [0.3, 0.4) is 0 Å². The van der Waals surface area contributed by atoms with Gasteiger partial charge in [0.15, 0.2) is 0 Å². The molecule has 0 saturated carbocycles. The van der Waals surface area contributed by atoms with Gasteiger partial charge in [0, 0.05) is 22.2 Å². The fraction of sp³-hybridized carbons (Fsp3) is 0.385. The molecule has 1 heterocycles. The normalized spacial score (nSPS) is 14.6. The molecule has 1 aromatic carbocycles. The number of benzene rings is 1. The van der Waals surface area contributed by atoms with Crippen LogP contribution < -0.4 is 4.72 Å². The molecule has 0 fully saturated rings. The summed E-state index contributed by atoms with van der Waals surface area (Å²) < 4.78 is 27.2. The van der Waals surface area contributed by atoms with Gasteiger partial charge in [-0.05, 0) is 19.1 Å². The maximum Gasteiger partial charge on any atom is 0.211 e. The van der Waals surface area contributed by atoms with Crippen LogP contribution in [-0.2, 0) is 22.2 Å². The van der Waals surface area contributed by atoms with Gasteiger partial charge in [-0.2, -0.15) is 5.10 Å². The number of hydrogen-bond donors (Lipinski definition) is 2. The Bertz CT molecular complexity index is 768. The first kappa shape index (κ1) is 18.2. The van der Waals surface area contributed by atoms with Crippen molar-refractivity contribution in [1.82, 2.24) is 19.5 Å². The third kappa shape index (κ3) is 4.65. The molecule has 0 saturated heterocycles. The molecule has 0 aliphatic rings. The summed E-state index contributed by atoms with van der Waals surface area (Å²) in [5.74, 6) is -0.0965. The predicted octanol–water partition coefficient (Wildman–Crippen LogP) is 1.41. The van der Waals surface area contributed by atoms with Gasteiger partial charge < -0.3 is 5.11 Å². The van der Waals surface area contributed by atoms with Crippen molar-refractivity contribution in [1.29, 1.82) is 0 Å². The van der Waals surface area contributed by atoms with Crippen molar-refractivity contribution in [3.63, 3.8) is 0 Å². The Kier molecular flexibility index (Phi) is 5.64. The summed E-state index contributed by atoms with van der Waals surface area (Å²) in [4.78, 5) is 3.81. The first-order valence-electron chi connectivity index (χ1n) is 6.73. The second-order valence-electron chi connectivity index (χ2n) is 4.97. The monoisotopic (exact) mass is 378 g/mol. The highest BCUT2D eigenvalue weighted by Gasteiger charge is 2.34. The summed E-state index contributed by atoms with van der Waals surface area (Å²) >= 11 is 12.0. The van der Waals surface area contributed by atoms with Crippen molar-refractivity contribution in [3.8, 4) is 0 Å². The molecule has 0 aliphatic carbocycles. The average Bonchev–Trinajstić information content (AvgIpc) is 2.98. The Morgan fingerprint density at radius 1 is 1.39 bits per heavy atom. The number of rotatable bonds is 7. The number of aromatic nitrogens is 3. The summed E-state index contributed by atoms with van der Waals surface area (Å²) in [6.07, 6.45) is 2.74. The molecule has 1 aromatic heterocycles. The highest BCUT2D eigenvalue weighted by molar-refractivity contribution is 7.89. The standard InChI is InChI=1S/C13H16Cl2N4O3S/c1-2-23(21,22)18-6-13(20,7-19-9-16-8-17-19)11-4-3-10(14)5-12(11)15/h3-5,8-9,18,20H,2,6-7H2,1H3. The summed E-state index contributed by atoms with van der Waals surface area (Å²) in [7, 11) is -3.49. The van der Waals surface area contributed by atoms with Gasteiger partial charge >= 0.3 is 0 Å². The third-order valence-electron chi connectivity index (χ3n) is 3.29. The number of halogens is 2. The summed E-state index contributed by atoms with van der Waals surface area (Å²) in [5, 5.41) is 15.6. The van der Waals surface area contributed by atoms with Gasteiger partial charge in [0.25, 0.3) is 0 Å². The zero-order valence-corrected chi connectivity index (χ0v) is 14.6. The van der Waals surface area contributed by atoms with Gasteiger partial charge in [0.2, 0.25) is 10.0 Å². The molecule has 0 radical (unpaired) electrons. The summed E-state index contributed by atoms with van der Waals surface area (Å²) in [6.45, 7) is 1.22. The molecule has 1 atom stereocenters. The van der Waals surface area contributed by atoms with E-state index in [1.165, 1.54) is 30.3 Å². The van der Waals surface area contributed by atoms with E-state index in [0.717, 1.165) is 0 Å². The molecule has 0 spiro atoms. The van der Waals surface area contributed by atoms with Crippen molar-refractivity contribution >= 4 is 33.2 Å². The van der Waals surface area contributed by atoms with Gasteiger partial charge in [-0.1, -0.05) is 29.3 Å². The van der Waals surface area contributed by atoms with E-state index in [0.29, 0.717) is 10.6 Å². The molecule has 2 aromatic rings. The lowest BCUT2D eigenvalue weighted by Crippen LogP contribution is -2.44. The maximum absolute atomic E-state index is 11.7. The van der Waals surface area contributed by atoms with E-state index < -0.39 is 15.6 Å². The molecular weight excluding hydrogens is 363 g/mol. The first-order chi connectivity index (χ1) is 10.8. The van der Waals surface area contributed by atoms with Crippen LogP contribution in [0, 0.1) is 0 Å². The highest BCUT2D eigenvalue weighted by atomic mass is 35.5. The highest BCUT2D eigenvalue weighted by Crippen LogP contribution is 2.31. The quantitative estimate of drug-likeness (QED) is 0.758. The van der Waals surface area contributed by atoms with Crippen LogP contribution in [0.5, 0.6) is 0 Å². The zero-order chi connectivity index (χ0) is 17.1. The Hall–Kier alpha value is -1.19. The van der Waals surface area contributed by atoms with Crippen molar-refractivity contribution in [2.24, 2.45) is 0 Å². The minimum absolute atomic E-state index is 0.0272. The molecule has 0 aliphatic heterocycles. The fourth-order valence-corrected chi connectivity index (χ4v) is 3.26. The predicted molar refractivity (Wildman–Crippen MR) is 87.8 cm³/mol. The van der Waals surface area contributed by atoms with Crippen LogP contribution in [0.1, 0.15) is 12.5 Å². The smallest absolute Gasteiger partial charge is 0.211 e. The fourth-order valence-electron chi connectivity index (χ4n) is 2.02. The molecule has 23 heavy (non-hydrogen) atoms. The van der Waals surface area contributed by atoms with E-state index in [1.807, 2.05) is 0 Å². The molecule has 0 bridgehead atoms. The van der Waals surface area contributed by atoms with Crippen molar-refractivity contribution in [2.75, 3.05) is 12.3 Å². The second-order valence-corrected chi connectivity index (χ2v) is 7.91. The van der Waals surface area contributed by atoms with E-state index >= 15 is 0 Å². The van der Waals surface area contributed by atoms with Crippen molar-refractivity contribution < 1.29 is 13.5 Å². The lowest BCUT2D eigenvalue weighted by atomic mass is 9.94. The largest absolute Gasteiger partial charge is 0.382 e. The van der Waals surface area contributed by atoms with E-state index in [2.05, 4.69) is 14.8 Å². The van der Waals surface area contributed by atoms with E-state index in [9.17, 15) is 13.5 Å². The van der Waals surface area contributed by atoms with Gasteiger partial charge in [-0.3, -0.25) is 0 Å². The number of nitrogens with one attached hydrogen (secondary N) is 1. The lowest BCUT2D eigenvalue weighted by molar-refractivity contribution is 0.0204. The molecule has 7 nitrogen and oxygen atoms in total. The Labute approximate surface area is 144 Å². The van der Waals surface area contributed by atoms with E-state index in [4.69, 9.17) is 23.2 Å². The van der Waals surface area contributed by atoms with Gasteiger partial charge in [-0.25, -0.2) is 22.8 Å². The Balaban J connectivity index is 2.37. The minimum atomic E-state index is -3.49. The van der Waals surface area contributed by atoms with Crippen molar-refractivity contribution in [3.05, 3.63) is 46.5 Å². The lowest BCUT2D eigenvalue weighted by Gasteiger charge is -2.29. The van der Waals surface area contributed by atoms with E-state index in [1.54, 1.807) is 12.1 Å². The van der Waals surface area contributed by atoms with Crippen LogP contribution >= 0.6 is 23.2 Å². The van der Waals surface area contributed by atoms with Crippen LogP contribution in [-0.4, -0.2) is 40.6 Å². The Morgan fingerprint density at radius 2 is 2.13 bits per heavy atom. The van der Waals surface area contributed by atoms with Crippen molar-refractivity contribution in [2.45, 2.75) is 19.1 Å². The Morgan fingerprint density at radius 3 is 2.70 bits per heavy atom. The maximum atomic E-state index is 11.7. The van der Waals surface area contributed by atoms with Crippen LogP contribution in [0.2, 0.25) is 10.0 Å². The second kappa shape index (κ2) is 7.14. The molecular formula is C13H16Cl2N4O3S. The minimum Gasteiger partial charge on any atom is -0.382 e. The molecule has 1 unspecified atom stereocenters. The molecule has 126 valence electrons. The average molecular weight is 379 g/mol.